The Morgan fingerprint density at radius 1 is 1.18 bits per heavy atom. The number of nitrogens with one attached hydrogen (secondary N) is 1. The Labute approximate surface area is 232 Å². The normalized spacial score (nSPS) is 17.4. The molecule has 1 aliphatic heterocycles. The summed E-state index contributed by atoms with van der Waals surface area (Å²) in [7, 11) is 0. The van der Waals surface area contributed by atoms with Gasteiger partial charge in [-0.3, -0.25) is 9.59 Å². The molecule has 1 aliphatic rings. The van der Waals surface area contributed by atoms with Crippen LogP contribution < -0.4 is 21.5 Å². The number of nitrogens with zero attached hydrogens (tertiary/aromatic N) is 2. The summed E-state index contributed by atoms with van der Waals surface area (Å²) in [6.45, 7) is 0.352. The van der Waals surface area contributed by atoms with Crippen LogP contribution >= 0.6 is 15.9 Å². The summed E-state index contributed by atoms with van der Waals surface area (Å²) in [5, 5.41) is 2.30. The number of rotatable bonds is 6. The monoisotopic (exact) mass is 621 g/mol. The topological polar surface area (TPSA) is 146 Å². The molecule has 0 bridgehead atoms. The fourth-order valence-corrected chi connectivity index (χ4v) is 4.94. The zero-order valence-corrected chi connectivity index (χ0v) is 22.2. The second-order valence-corrected chi connectivity index (χ2v) is 10.3. The average molecular weight is 622 g/mol. The lowest BCUT2D eigenvalue weighted by atomic mass is 9.82. The van der Waals surface area contributed by atoms with Gasteiger partial charge in [0.15, 0.2) is 5.58 Å². The highest BCUT2D eigenvalue weighted by molar-refractivity contribution is 9.10. The highest BCUT2D eigenvalue weighted by atomic mass is 79.9. The number of alkyl halides is 3. The van der Waals surface area contributed by atoms with Gasteiger partial charge in [0.05, 0.1) is 10.2 Å². The molecule has 0 fully saturated rings. The molecule has 208 valence electrons. The van der Waals surface area contributed by atoms with E-state index < -0.39 is 47.4 Å². The summed E-state index contributed by atoms with van der Waals surface area (Å²) < 4.78 is 68.1. The van der Waals surface area contributed by atoms with Crippen molar-refractivity contribution in [3.05, 3.63) is 69.6 Å². The predicted molar refractivity (Wildman–Crippen MR) is 139 cm³/mol. The van der Waals surface area contributed by atoms with E-state index in [1.807, 2.05) is 0 Å². The first-order valence-corrected chi connectivity index (χ1v) is 12.5. The number of ether oxygens (including phenoxy) is 1. The SMILES string of the molecule is C[C@]1(C(N)=O)COc2c1cc([C@@H](CNC(=O)c1cc(Br)c3oc(N)nc3c1)C(F)(F)F)nc2-c1ccc(F)cc1. The Kier molecular flexibility index (Phi) is 6.68. The van der Waals surface area contributed by atoms with Crippen molar-refractivity contribution in [3.8, 4) is 17.0 Å². The number of amides is 2. The second kappa shape index (κ2) is 9.77. The van der Waals surface area contributed by atoms with E-state index in [-0.39, 0.29) is 51.9 Å². The summed E-state index contributed by atoms with van der Waals surface area (Å²) in [5.74, 6) is -4.39. The fraction of sp³-hybridized carbons (Fsp3) is 0.231. The number of primary amides is 1. The third-order valence-corrected chi connectivity index (χ3v) is 7.29. The molecule has 3 heterocycles. The Hall–Kier alpha value is -4.20. The minimum Gasteiger partial charge on any atom is -0.489 e. The number of pyridine rings is 1. The number of carbonyl (C=O) groups excluding carboxylic acids is 2. The first-order valence-electron chi connectivity index (χ1n) is 11.7. The lowest BCUT2D eigenvalue weighted by molar-refractivity contribution is -0.149. The Bertz CT molecular complexity index is 1660. The summed E-state index contributed by atoms with van der Waals surface area (Å²) in [5.41, 5.74) is 10.1. The Balaban J connectivity index is 1.54. The number of carbonyl (C=O) groups is 2. The molecule has 2 aromatic carbocycles. The molecule has 0 saturated heterocycles. The number of fused-ring (bicyclic) bond motifs is 2. The van der Waals surface area contributed by atoms with Gasteiger partial charge < -0.3 is 25.9 Å². The van der Waals surface area contributed by atoms with Gasteiger partial charge >= 0.3 is 6.18 Å². The number of halogens is 5. The molecule has 0 unspecified atom stereocenters. The maximum atomic E-state index is 14.4. The maximum Gasteiger partial charge on any atom is 0.398 e. The molecule has 0 radical (unpaired) electrons. The molecule has 4 aromatic rings. The Morgan fingerprint density at radius 2 is 1.88 bits per heavy atom. The molecule has 0 spiro atoms. The van der Waals surface area contributed by atoms with E-state index >= 15 is 0 Å². The number of hydrogen-bond acceptors (Lipinski definition) is 7. The van der Waals surface area contributed by atoms with E-state index in [0.717, 1.165) is 18.2 Å². The van der Waals surface area contributed by atoms with E-state index in [1.165, 1.54) is 31.2 Å². The molecule has 5 rings (SSSR count). The van der Waals surface area contributed by atoms with Crippen molar-refractivity contribution in [2.75, 3.05) is 18.9 Å². The van der Waals surface area contributed by atoms with E-state index in [1.54, 1.807) is 0 Å². The first-order chi connectivity index (χ1) is 18.8. The standard InChI is InChI=1S/C26H20BrF4N5O4/c1-25(23(32)38)10-39-20-14(25)8-17(35-19(20)11-2-4-13(28)5-3-11)15(26(29,30)31)9-34-22(37)12-6-16(27)21-18(7-12)36-24(33)40-21/h2-8,15H,9-10H2,1H3,(H2,32,38)(H2,33,36)(H,34,37)/t15-,25+/m1/s1. The van der Waals surface area contributed by atoms with E-state index in [4.69, 9.17) is 20.6 Å². The van der Waals surface area contributed by atoms with Gasteiger partial charge in [-0.1, -0.05) is 0 Å². The highest BCUT2D eigenvalue weighted by Gasteiger charge is 2.47. The molecule has 2 atom stereocenters. The van der Waals surface area contributed by atoms with Gasteiger partial charge in [0.2, 0.25) is 5.91 Å². The Morgan fingerprint density at radius 3 is 2.52 bits per heavy atom. The van der Waals surface area contributed by atoms with Crippen molar-refractivity contribution in [1.29, 1.82) is 0 Å². The molecule has 0 saturated carbocycles. The van der Waals surface area contributed by atoms with Gasteiger partial charge in [0.25, 0.3) is 11.9 Å². The second-order valence-electron chi connectivity index (χ2n) is 9.43. The minimum atomic E-state index is -4.86. The molecular weight excluding hydrogens is 602 g/mol. The number of hydrogen-bond donors (Lipinski definition) is 3. The third-order valence-electron chi connectivity index (χ3n) is 6.70. The van der Waals surface area contributed by atoms with Crippen molar-refractivity contribution in [2.45, 2.75) is 24.4 Å². The zero-order chi connectivity index (χ0) is 29.0. The molecule has 2 amide bonds. The molecule has 40 heavy (non-hydrogen) atoms. The van der Waals surface area contributed by atoms with E-state index in [9.17, 15) is 27.2 Å². The lowest BCUT2D eigenvalue weighted by Crippen LogP contribution is -2.40. The van der Waals surface area contributed by atoms with Crippen LogP contribution in [0.3, 0.4) is 0 Å². The van der Waals surface area contributed by atoms with Crippen LogP contribution in [0.4, 0.5) is 23.6 Å². The van der Waals surface area contributed by atoms with Gasteiger partial charge in [0.1, 0.15) is 40.7 Å². The van der Waals surface area contributed by atoms with E-state index in [2.05, 4.69) is 31.2 Å². The molecule has 9 nitrogen and oxygen atoms in total. The van der Waals surface area contributed by atoms with Crippen molar-refractivity contribution in [3.63, 3.8) is 0 Å². The van der Waals surface area contributed by atoms with Gasteiger partial charge in [-0.15, -0.1) is 0 Å². The molecule has 5 N–H and O–H groups in total. The summed E-state index contributed by atoms with van der Waals surface area (Å²) in [6, 6.07) is 8.57. The van der Waals surface area contributed by atoms with Crippen molar-refractivity contribution in [1.82, 2.24) is 15.3 Å². The third kappa shape index (κ3) is 4.83. The molecule has 2 aromatic heterocycles. The van der Waals surface area contributed by atoms with Gasteiger partial charge in [-0.25, -0.2) is 9.37 Å². The number of nitrogen functional groups attached to an aromatic ring is 1. The number of nitrogens with two attached hydrogens (primary N) is 2. The van der Waals surface area contributed by atoms with Gasteiger partial charge in [-0.05, 0) is 65.3 Å². The van der Waals surface area contributed by atoms with Crippen LogP contribution in [0.5, 0.6) is 5.75 Å². The minimum absolute atomic E-state index is 0.0113. The largest absolute Gasteiger partial charge is 0.489 e. The van der Waals surface area contributed by atoms with E-state index in [0.29, 0.717) is 4.47 Å². The number of aromatic nitrogens is 2. The fourth-order valence-electron chi connectivity index (χ4n) is 4.41. The van der Waals surface area contributed by atoms with Crippen LogP contribution in [0.25, 0.3) is 22.4 Å². The molecular formula is C26H20BrF4N5O4. The summed E-state index contributed by atoms with van der Waals surface area (Å²) in [6.07, 6.45) is -4.86. The smallest absolute Gasteiger partial charge is 0.398 e. The van der Waals surface area contributed by atoms with Crippen molar-refractivity contribution < 1.29 is 36.3 Å². The van der Waals surface area contributed by atoms with Crippen LogP contribution in [0.1, 0.15) is 34.5 Å². The molecule has 0 aliphatic carbocycles. The molecule has 14 heteroatoms. The average Bonchev–Trinajstić information content (AvgIpc) is 3.44. The van der Waals surface area contributed by atoms with Crippen LogP contribution in [-0.4, -0.2) is 41.1 Å². The van der Waals surface area contributed by atoms with Crippen molar-refractivity contribution >= 4 is 44.9 Å². The van der Waals surface area contributed by atoms with Gasteiger partial charge in [0, 0.05) is 23.2 Å². The quantitative estimate of drug-likeness (QED) is 0.267. The first kappa shape index (κ1) is 27.4. The number of anilines is 1. The zero-order valence-electron chi connectivity index (χ0n) is 20.6. The van der Waals surface area contributed by atoms with Crippen LogP contribution in [0, 0.1) is 5.82 Å². The lowest BCUT2D eigenvalue weighted by Gasteiger charge is -2.24. The van der Waals surface area contributed by atoms with Crippen LogP contribution in [-0.2, 0) is 10.2 Å². The summed E-state index contributed by atoms with van der Waals surface area (Å²) in [4.78, 5) is 33.4. The van der Waals surface area contributed by atoms with Crippen LogP contribution in [0.2, 0.25) is 0 Å². The summed E-state index contributed by atoms with van der Waals surface area (Å²) >= 11 is 3.23. The number of benzene rings is 2. The predicted octanol–water partition coefficient (Wildman–Crippen LogP) is 4.58. The maximum absolute atomic E-state index is 14.4. The van der Waals surface area contributed by atoms with Crippen molar-refractivity contribution in [2.24, 2.45) is 5.73 Å². The number of oxazole rings is 1. The van der Waals surface area contributed by atoms with Crippen LogP contribution in [0.15, 0.2) is 51.4 Å². The highest BCUT2D eigenvalue weighted by Crippen LogP contribution is 2.46. The van der Waals surface area contributed by atoms with Gasteiger partial charge in [-0.2, -0.15) is 18.2 Å².